The molecule has 3 nitrogen and oxygen atoms in total. The normalized spacial score (nSPS) is 10.5. The molecule has 0 fully saturated rings. The standard InChI is InChI=1S/C9H9NO2S/c1-2-6-3-4-8(13-6)7-5-9(11)12-10-7/h3-5,10H,2H2,1H3. The third kappa shape index (κ3) is 1.58. The van der Waals surface area contributed by atoms with Gasteiger partial charge in [-0.3, -0.25) is 0 Å². The zero-order valence-corrected chi connectivity index (χ0v) is 7.98. The minimum atomic E-state index is -0.332. The van der Waals surface area contributed by atoms with Crippen LogP contribution in [0.5, 0.6) is 0 Å². The molecule has 1 N–H and O–H groups in total. The summed E-state index contributed by atoms with van der Waals surface area (Å²) in [5.41, 5.74) is 0.427. The van der Waals surface area contributed by atoms with Crippen molar-refractivity contribution in [3.05, 3.63) is 33.5 Å². The summed E-state index contributed by atoms with van der Waals surface area (Å²) in [6.45, 7) is 2.10. The quantitative estimate of drug-likeness (QED) is 0.798. The van der Waals surface area contributed by atoms with Crippen molar-refractivity contribution < 1.29 is 4.52 Å². The highest BCUT2D eigenvalue weighted by Gasteiger charge is 2.04. The Hall–Kier alpha value is -1.29. The lowest BCUT2D eigenvalue weighted by molar-refractivity contribution is 0.394. The second-order valence-corrected chi connectivity index (χ2v) is 3.87. The lowest BCUT2D eigenvalue weighted by Crippen LogP contribution is -1.84. The Morgan fingerprint density at radius 2 is 2.38 bits per heavy atom. The third-order valence-electron chi connectivity index (χ3n) is 1.80. The number of H-pyrrole nitrogens is 1. The van der Waals surface area contributed by atoms with Crippen LogP contribution in [0.2, 0.25) is 0 Å². The number of hydrogen-bond donors (Lipinski definition) is 1. The number of aromatic nitrogens is 1. The number of hydrogen-bond acceptors (Lipinski definition) is 3. The Morgan fingerprint density at radius 1 is 1.54 bits per heavy atom. The summed E-state index contributed by atoms with van der Waals surface area (Å²) < 4.78 is 4.59. The van der Waals surface area contributed by atoms with Crippen LogP contribution in [0.3, 0.4) is 0 Å². The fourth-order valence-electron chi connectivity index (χ4n) is 1.12. The summed E-state index contributed by atoms with van der Waals surface area (Å²) in [5, 5.41) is 2.58. The first-order chi connectivity index (χ1) is 6.29. The van der Waals surface area contributed by atoms with Crippen LogP contribution >= 0.6 is 11.3 Å². The van der Waals surface area contributed by atoms with E-state index in [1.165, 1.54) is 10.9 Å². The Balaban J connectivity index is 2.40. The van der Waals surface area contributed by atoms with Crippen LogP contribution in [0.25, 0.3) is 10.6 Å². The number of nitrogens with one attached hydrogen (secondary N) is 1. The zero-order chi connectivity index (χ0) is 9.26. The molecule has 68 valence electrons. The van der Waals surface area contributed by atoms with Gasteiger partial charge in [0.2, 0.25) is 0 Å². The van der Waals surface area contributed by atoms with Crippen LogP contribution in [0, 0.1) is 0 Å². The summed E-state index contributed by atoms with van der Waals surface area (Å²) in [6, 6.07) is 5.51. The fraction of sp³-hybridized carbons (Fsp3) is 0.222. The largest absolute Gasteiger partial charge is 0.357 e. The molecule has 0 bridgehead atoms. The highest BCUT2D eigenvalue weighted by molar-refractivity contribution is 7.15. The molecule has 13 heavy (non-hydrogen) atoms. The van der Waals surface area contributed by atoms with Gasteiger partial charge in [0.1, 0.15) is 0 Å². The molecule has 0 aliphatic carbocycles. The molecule has 0 saturated carbocycles. The monoisotopic (exact) mass is 195 g/mol. The SMILES string of the molecule is CCc1ccc(-c2cc(=O)o[nH]2)s1. The summed E-state index contributed by atoms with van der Waals surface area (Å²) >= 11 is 1.67. The topological polar surface area (TPSA) is 46.0 Å². The van der Waals surface area contributed by atoms with E-state index in [-0.39, 0.29) is 5.63 Å². The van der Waals surface area contributed by atoms with Crippen LogP contribution in [0.15, 0.2) is 27.5 Å². The minimum absolute atomic E-state index is 0.332. The van der Waals surface area contributed by atoms with Gasteiger partial charge in [-0.2, -0.15) is 0 Å². The molecule has 0 aliphatic heterocycles. The fourth-order valence-corrected chi connectivity index (χ4v) is 2.03. The molecule has 2 rings (SSSR count). The number of aromatic amines is 1. The molecular weight excluding hydrogens is 186 g/mol. The molecule has 2 aromatic heterocycles. The Bertz CT molecular complexity index is 452. The van der Waals surface area contributed by atoms with Gasteiger partial charge in [0.15, 0.2) is 0 Å². The molecule has 2 heterocycles. The van der Waals surface area contributed by atoms with Crippen molar-refractivity contribution in [2.75, 3.05) is 0 Å². The van der Waals surface area contributed by atoms with Crippen molar-refractivity contribution in [2.45, 2.75) is 13.3 Å². The van der Waals surface area contributed by atoms with Gasteiger partial charge in [0.05, 0.1) is 16.6 Å². The summed E-state index contributed by atoms with van der Waals surface area (Å²) in [4.78, 5) is 13.1. The first kappa shape index (κ1) is 8.31. The number of rotatable bonds is 2. The average molecular weight is 195 g/mol. The van der Waals surface area contributed by atoms with Gasteiger partial charge in [0.25, 0.3) is 0 Å². The molecule has 0 unspecified atom stereocenters. The first-order valence-corrected chi connectivity index (χ1v) is 4.89. The highest BCUT2D eigenvalue weighted by Crippen LogP contribution is 2.25. The van der Waals surface area contributed by atoms with Crippen LogP contribution in [-0.4, -0.2) is 5.16 Å². The van der Waals surface area contributed by atoms with Crippen molar-refractivity contribution in [2.24, 2.45) is 0 Å². The van der Waals surface area contributed by atoms with Gasteiger partial charge in [-0.05, 0) is 18.6 Å². The van der Waals surface area contributed by atoms with Crippen LogP contribution in [0.4, 0.5) is 0 Å². The number of aryl methyl sites for hydroxylation is 1. The van der Waals surface area contributed by atoms with E-state index in [4.69, 9.17) is 0 Å². The molecule has 0 aliphatic rings. The molecule has 0 spiro atoms. The maximum atomic E-state index is 10.7. The van der Waals surface area contributed by atoms with E-state index in [0.29, 0.717) is 0 Å². The van der Waals surface area contributed by atoms with Crippen molar-refractivity contribution >= 4 is 11.3 Å². The average Bonchev–Trinajstić information content (AvgIpc) is 2.71. The summed E-state index contributed by atoms with van der Waals surface area (Å²) in [7, 11) is 0. The van der Waals surface area contributed by atoms with E-state index in [9.17, 15) is 4.79 Å². The molecule has 4 heteroatoms. The van der Waals surface area contributed by atoms with Gasteiger partial charge in [-0.15, -0.1) is 11.3 Å². The summed E-state index contributed by atoms with van der Waals surface area (Å²) in [6.07, 6.45) is 1.02. The van der Waals surface area contributed by atoms with E-state index in [1.807, 2.05) is 6.07 Å². The molecule has 2 aromatic rings. The van der Waals surface area contributed by atoms with Gasteiger partial charge >= 0.3 is 5.63 Å². The van der Waals surface area contributed by atoms with Crippen molar-refractivity contribution in [1.29, 1.82) is 0 Å². The zero-order valence-electron chi connectivity index (χ0n) is 7.16. The molecule has 0 aromatic carbocycles. The second kappa shape index (κ2) is 3.22. The van der Waals surface area contributed by atoms with E-state index in [0.717, 1.165) is 17.0 Å². The molecule has 0 amide bonds. The van der Waals surface area contributed by atoms with Crippen LogP contribution in [0.1, 0.15) is 11.8 Å². The lowest BCUT2D eigenvalue weighted by atomic mass is 10.3. The third-order valence-corrected chi connectivity index (χ3v) is 3.06. The van der Waals surface area contributed by atoms with E-state index >= 15 is 0 Å². The molecule has 0 atom stereocenters. The van der Waals surface area contributed by atoms with Gasteiger partial charge in [0, 0.05) is 4.88 Å². The Kier molecular flexibility index (Phi) is 2.06. The van der Waals surface area contributed by atoms with E-state index < -0.39 is 0 Å². The predicted molar refractivity (Wildman–Crippen MR) is 52.0 cm³/mol. The lowest BCUT2D eigenvalue weighted by Gasteiger charge is -1.86. The van der Waals surface area contributed by atoms with Crippen molar-refractivity contribution in [3.8, 4) is 10.6 Å². The van der Waals surface area contributed by atoms with Gasteiger partial charge in [-0.25, -0.2) is 9.95 Å². The molecule has 0 radical (unpaired) electrons. The molecule has 0 saturated heterocycles. The Morgan fingerprint density at radius 3 is 2.92 bits per heavy atom. The first-order valence-electron chi connectivity index (χ1n) is 4.07. The maximum absolute atomic E-state index is 10.7. The maximum Gasteiger partial charge on any atom is 0.357 e. The van der Waals surface area contributed by atoms with Crippen molar-refractivity contribution in [3.63, 3.8) is 0 Å². The van der Waals surface area contributed by atoms with E-state index in [2.05, 4.69) is 22.7 Å². The number of thiophene rings is 1. The highest BCUT2D eigenvalue weighted by atomic mass is 32.1. The Labute approximate surface area is 79.0 Å². The second-order valence-electron chi connectivity index (χ2n) is 2.70. The smallest absolute Gasteiger partial charge is 0.339 e. The minimum Gasteiger partial charge on any atom is -0.339 e. The van der Waals surface area contributed by atoms with Gasteiger partial charge < -0.3 is 4.52 Å². The van der Waals surface area contributed by atoms with Crippen molar-refractivity contribution in [1.82, 2.24) is 5.16 Å². The predicted octanol–water partition coefficient (Wildman–Crippen LogP) is 2.26. The van der Waals surface area contributed by atoms with E-state index in [1.54, 1.807) is 11.3 Å². The molecular formula is C9H9NO2S. The van der Waals surface area contributed by atoms with Gasteiger partial charge in [-0.1, -0.05) is 6.92 Å². The van der Waals surface area contributed by atoms with Crippen LogP contribution in [-0.2, 0) is 6.42 Å². The summed E-state index contributed by atoms with van der Waals surface area (Å²) in [5.74, 6) is 0. The van der Waals surface area contributed by atoms with Crippen LogP contribution < -0.4 is 5.63 Å².